The lowest BCUT2D eigenvalue weighted by Crippen LogP contribution is -2.61. The summed E-state index contributed by atoms with van der Waals surface area (Å²) in [5.74, 6) is 0.464. The molecule has 2 aliphatic heterocycles. The minimum atomic E-state index is -3.08. The lowest BCUT2D eigenvalue weighted by Gasteiger charge is -2.53. The molecule has 2 heterocycles. The van der Waals surface area contributed by atoms with Crippen molar-refractivity contribution in [2.24, 2.45) is 11.3 Å². The highest BCUT2D eigenvalue weighted by molar-refractivity contribution is 7.88. The number of hydrogen-bond donors (Lipinski definition) is 0. The highest BCUT2D eigenvalue weighted by Gasteiger charge is 2.50. The first-order valence-electron chi connectivity index (χ1n) is 9.92. The van der Waals surface area contributed by atoms with E-state index in [1.165, 1.54) is 6.26 Å². The zero-order valence-electron chi connectivity index (χ0n) is 17.0. The molecule has 0 unspecified atom stereocenters. The number of piperazine rings is 1. The van der Waals surface area contributed by atoms with Gasteiger partial charge in [0.05, 0.1) is 6.26 Å². The summed E-state index contributed by atoms with van der Waals surface area (Å²) in [6, 6.07) is 0.263. The van der Waals surface area contributed by atoms with Crippen molar-refractivity contribution in [3.8, 4) is 0 Å². The molecule has 150 valence electrons. The molecule has 0 aromatic carbocycles. The van der Waals surface area contributed by atoms with E-state index >= 15 is 0 Å². The van der Waals surface area contributed by atoms with E-state index in [0.717, 1.165) is 45.3 Å². The summed E-state index contributed by atoms with van der Waals surface area (Å²) in [6.07, 6.45) is 4.97. The Balaban J connectivity index is 1.51. The number of carbonyl (C=O) groups is 1. The maximum atomic E-state index is 13.0. The van der Waals surface area contributed by atoms with E-state index < -0.39 is 10.0 Å². The van der Waals surface area contributed by atoms with Gasteiger partial charge < -0.3 is 4.90 Å². The molecule has 3 aliphatic rings. The van der Waals surface area contributed by atoms with Crippen molar-refractivity contribution < 1.29 is 13.2 Å². The van der Waals surface area contributed by atoms with Crippen LogP contribution in [0.5, 0.6) is 0 Å². The number of nitrogens with zero attached hydrogens (tertiary/aromatic N) is 3. The molecular formula is C19H35N3O3S. The second-order valence-corrected chi connectivity index (χ2v) is 11.7. The van der Waals surface area contributed by atoms with E-state index in [1.807, 2.05) is 0 Å². The van der Waals surface area contributed by atoms with Crippen LogP contribution in [0.15, 0.2) is 0 Å². The van der Waals surface area contributed by atoms with Gasteiger partial charge in [-0.2, -0.15) is 0 Å². The van der Waals surface area contributed by atoms with E-state index in [-0.39, 0.29) is 22.9 Å². The summed E-state index contributed by atoms with van der Waals surface area (Å²) in [5, 5.41) is 0. The van der Waals surface area contributed by atoms with Gasteiger partial charge in [-0.05, 0) is 58.8 Å². The van der Waals surface area contributed by atoms with Gasteiger partial charge in [0.15, 0.2) is 0 Å². The molecular weight excluding hydrogens is 350 g/mol. The minimum Gasteiger partial charge on any atom is -0.337 e. The Morgan fingerprint density at radius 2 is 1.62 bits per heavy atom. The first-order chi connectivity index (χ1) is 11.9. The van der Waals surface area contributed by atoms with Crippen LogP contribution in [0.1, 0.15) is 53.4 Å². The second kappa shape index (κ2) is 6.74. The van der Waals surface area contributed by atoms with Crippen molar-refractivity contribution in [3.63, 3.8) is 0 Å². The third-order valence-corrected chi connectivity index (χ3v) is 8.12. The van der Waals surface area contributed by atoms with Gasteiger partial charge in [0.1, 0.15) is 0 Å². The van der Waals surface area contributed by atoms with Crippen LogP contribution < -0.4 is 0 Å². The number of sulfonamides is 1. The maximum Gasteiger partial charge on any atom is 0.226 e. The Morgan fingerprint density at radius 1 is 1.04 bits per heavy atom. The van der Waals surface area contributed by atoms with Gasteiger partial charge in [-0.1, -0.05) is 0 Å². The normalized spacial score (nSPS) is 29.0. The zero-order chi connectivity index (χ0) is 19.3. The third-order valence-electron chi connectivity index (χ3n) is 6.82. The standard InChI is InChI=1S/C19H35N3O3S/c1-15-14-20(18(2,3)4)10-11-22(15)17(23)16-12-19(13-16)6-8-21(9-7-19)26(5,24)25/h15-16H,6-14H2,1-5H3/t15-/m0/s1. The topological polar surface area (TPSA) is 60.9 Å². The van der Waals surface area contributed by atoms with Crippen molar-refractivity contribution in [2.75, 3.05) is 39.0 Å². The van der Waals surface area contributed by atoms with E-state index in [4.69, 9.17) is 0 Å². The van der Waals surface area contributed by atoms with Crippen molar-refractivity contribution in [3.05, 3.63) is 0 Å². The van der Waals surface area contributed by atoms with Crippen LogP contribution in [-0.2, 0) is 14.8 Å². The molecule has 1 atom stereocenters. The molecule has 0 N–H and O–H groups in total. The van der Waals surface area contributed by atoms with Crippen LogP contribution in [0.4, 0.5) is 0 Å². The van der Waals surface area contributed by atoms with E-state index in [1.54, 1.807) is 4.31 Å². The average Bonchev–Trinajstić information content (AvgIpc) is 2.50. The predicted molar refractivity (Wildman–Crippen MR) is 103 cm³/mol. The molecule has 0 bridgehead atoms. The molecule has 2 saturated heterocycles. The van der Waals surface area contributed by atoms with E-state index in [9.17, 15) is 13.2 Å². The van der Waals surface area contributed by atoms with Gasteiger partial charge in [-0.25, -0.2) is 12.7 Å². The molecule has 26 heavy (non-hydrogen) atoms. The summed E-state index contributed by atoms with van der Waals surface area (Å²) in [7, 11) is -3.08. The summed E-state index contributed by atoms with van der Waals surface area (Å²) in [6.45, 7) is 12.8. The highest BCUT2D eigenvalue weighted by atomic mass is 32.2. The molecule has 0 radical (unpaired) electrons. The summed E-state index contributed by atoms with van der Waals surface area (Å²) < 4.78 is 24.9. The molecule has 3 rings (SSSR count). The van der Waals surface area contributed by atoms with Crippen LogP contribution in [0, 0.1) is 11.3 Å². The maximum absolute atomic E-state index is 13.0. The fourth-order valence-corrected chi connectivity index (χ4v) is 5.84. The van der Waals surface area contributed by atoms with E-state index in [0.29, 0.717) is 19.0 Å². The lowest BCUT2D eigenvalue weighted by molar-refractivity contribution is -0.151. The van der Waals surface area contributed by atoms with Crippen molar-refractivity contribution in [2.45, 2.75) is 65.0 Å². The molecule has 0 aromatic rings. The fourth-order valence-electron chi connectivity index (χ4n) is 4.99. The predicted octanol–water partition coefficient (Wildman–Crippen LogP) is 1.77. The van der Waals surface area contributed by atoms with Gasteiger partial charge >= 0.3 is 0 Å². The zero-order valence-corrected chi connectivity index (χ0v) is 17.8. The van der Waals surface area contributed by atoms with Crippen LogP contribution in [0.3, 0.4) is 0 Å². The molecule has 1 aliphatic carbocycles. The molecule has 3 fully saturated rings. The number of carbonyl (C=O) groups excluding carboxylic acids is 1. The minimum absolute atomic E-state index is 0.142. The van der Waals surface area contributed by atoms with Crippen LogP contribution in [0.25, 0.3) is 0 Å². The molecule has 6 nitrogen and oxygen atoms in total. The molecule has 1 amide bonds. The Labute approximate surface area is 158 Å². The Bertz CT molecular complexity index is 639. The molecule has 7 heteroatoms. The van der Waals surface area contributed by atoms with Crippen LogP contribution in [-0.4, -0.2) is 79.0 Å². The third kappa shape index (κ3) is 3.94. The summed E-state index contributed by atoms with van der Waals surface area (Å²) in [5.41, 5.74) is 0.357. The number of amides is 1. The first kappa shape index (κ1) is 20.1. The first-order valence-corrected chi connectivity index (χ1v) is 11.8. The van der Waals surface area contributed by atoms with Crippen molar-refractivity contribution >= 4 is 15.9 Å². The van der Waals surface area contributed by atoms with Crippen LogP contribution in [0.2, 0.25) is 0 Å². The number of rotatable bonds is 2. The number of piperidine rings is 1. The summed E-state index contributed by atoms with van der Waals surface area (Å²) in [4.78, 5) is 17.5. The van der Waals surface area contributed by atoms with Gasteiger partial charge in [0.2, 0.25) is 15.9 Å². The largest absolute Gasteiger partial charge is 0.337 e. The lowest BCUT2D eigenvalue weighted by atomic mass is 9.57. The smallest absolute Gasteiger partial charge is 0.226 e. The van der Waals surface area contributed by atoms with Gasteiger partial charge in [0, 0.05) is 50.2 Å². The molecule has 1 spiro atoms. The Morgan fingerprint density at radius 3 is 2.08 bits per heavy atom. The monoisotopic (exact) mass is 385 g/mol. The summed E-state index contributed by atoms with van der Waals surface area (Å²) >= 11 is 0. The number of hydrogen-bond acceptors (Lipinski definition) is 4. The van der Waals surface area contributed by atoms with Gasteiger partial charge in [-0.3, -0.25) is 9.69 Å². The fraction of sp³-hybridized carbons (Fsp3) is 0.947. The van der Waals surface area contributed by atoms with E-state index in [2.05, 4.69) is 37.5 Å². The average molecular weight is 386 g/mol. The Kier molecular flexibility index (Phi) is 5.21. The quantitative estimate of drug-likeness (QED) is 0.727. The highest BCUT2D eigenvalue weighted by Crippen LogP contribution is 2.53. The van der Waals surface area contributed by atoms with Crippen molar-refractivity contribution in [1.82, 2.24) is 14.1 Å². The molecule has 0 aromatic heterocycles. The second-order valence-electron chi connectivity index (χ2n) is 9.76. The molecule has 1 saturated carbocycles. The SMILES string of the molecule is C[C@H]1CN(C(C)(C)C)CCN1C(=O)C1CC2(CCN(S(C)(=O)=O)CC2)C1. The van der Waals surface area contributed by atoms with Gasteiger partial charge in [-0.15, -0.1) is 0 Å². The van der Waals surface area contributed by atoms with Gasteiger partial charge in [0.25, 0.3) is 0 Å². The van der Waals surface area contributed by atoms with Crippen LogP contribution >= 0.6 is 0 Å². The Hall–Kier alpha value is -0.660. The van der Waals surface area contributed by atoms with Crippen molar-refractivity contribution in [1.29, 1.82) is 0 Å².